The number of allylic oxidation sites excluding steroid dienone is 2. The maximum Gasteiger partial charge on any atom is 0.195 e. The van der Waals surface area contributed by atoms with Crippen LogP contribution in [0.1, 0.15) is 12.0 Å². The van der Waals surface area contributed by atoms with Crippen molar-refractivity contribution in [2.75, 3.05) is 28.4 Å². The average molecular weight is 302 g/mol. The van der Waals surface area contributed by atoms with Crippen LogP contribution in [-0.2, 0) is 14.2 Å². The van der Waals surface area contributed by atoms with Crippen LogP contribution in [0.2, 0.25) is 0 Å². The van der Waals surface area contributed by atoms with E-state index in [0.717, 1.165) is 22.6 Å². The van der Waals surface area contributed by atoms with Crippen molar-refractivity contribution in [2.45, 2.75) is 12.2 Å². The molecule has 0 radical (unpaired) electrons. The van der Waals surface area contributed by atoms with Gasteiger partial charge < -0.3 is 18.9 Å². The Morgan fingerprint density at radius 1 is 1.00 bits per heavy atom. The predicted molar refractivity (Wildman–Crippen MR) is 86.6 cm³/mol. The minimum atomic E-state index is -0.784. The van der Waals surface area contributed by atoms with Crippen LogP contribution in [-0.4, -0.2) is 34.2 Å². The highest BCUT2D eigenvalue weighted by Gasteiger charge is 2.31. The van der Waals surface area contributed by atoms with Gasteiger partial charge in [0, 0.05) is 26.7 Å². The first-order valence-corrected chi connectivity index (χ1v) is 7.04. The summed E-state index contributed by atoms with van der Waals surface area (Å²) in [6, 6.07) is 7.88. The average Bonchev–Trinajstić information content (AvgIpc) is 2.59. The second kappa shape index (κ2) is 7.29. The Hall–Kier alpha value is -2.04. The molecule has 4 nitrogen and oxygen atoms in total. The second-order valence-corrected chi connectivity index (χ2v) is 4.98. The number of ether oxygens (including phenoxy) is 4. The highest BCUT2D eigenvalue weighted by atomic mass is 16.7. The summed E-state index contributed by atoms with van der Waals surface area (Å²) in [5.74, 6) is 0.773. The SMILES string of the molecule is COC1=CC(OC)(OC)CC(/C=C/c2cccc(OC)c2)=C1. The third kappa shape index (κ3) is 3.78. The molecule has 0 aliphatic heterocycles. The first kappa shape index (κ1) is 16.3. The molecular formula is C18H22O4. The van der Waals surface area contributed by atoms with Gasteiger partial charge in [-0.3, -0.25) is 0 Å². The molecule has 1 aliphatic carbocycles. The molecule has 0 amide bonds. The predicted octanol–water partition coefficient (Wildman–Crippen LogP) is 3.56. The smallest absolute Gasteiger partial charge is 0.195 e. The summed E-state index contributed by atoms with van der Waals surface area (Å²) in [5, 5.41) is 0. The fraction of sp³-hybridized carbons (Fsp3) is 0.333. The lowest BCUT2D eigenvalue weighted by Crippen LogP contribution is -2.34. The fourth-order valence-electron chi connectivity index (χ4n) is 2.35. The first-order valence-electron chi connectivity index (χ1n) is 7.04. The van der Waals surface area contributed by atoms with E-state index >= 15 is 0 Å². The summed E-state index contributed by atoms with van der Waals surface area (Å²) >= 11 is 0. The first-order chi connectivity index (χ1) is 10.6. The number of hydrogen-bond donors (Lipinski definition) is 0. The highest BCUT2D eigenvalue weighted by molar-refractivity contribution is 5.56. The van der Waals surface area contributed by atoms with E-state index < -0.39 is 5.79 Å². The molecule has 0 saturated heterocycles. The Kier molecular flexibility index (Phi) is 5.41. The minimum absolute atomic E-state index is 0.618. The van der Waals surface area contributed by atoms with Crippen molar-refractivity contribution in [1.82, 2.24) is 0 Å². The van der Waals surface area contributed by atoms with Gasteiger partial charge >= 0.3 is 0 Å². The molecule has 1 aromatic rings. The van der Waals surface area contributed by atoms with Crippen LogP contribution in [0.3, 0.4) is 0 Å². The monoisotopic (exact) mass is 302 g/mol. The molecule has 4 heteroatoms. The van der Waals surface area contributed by atoms with Gasteiger partial charge in [0.15, 0.2) is 5.79 Å². The van der Waals surface area contributed by atoms with Crippen molar-refractivity contribution in [3.63, 3.8) is 0 Å². The van der Waals surface area contributed by atoms with E-state index in [9.17, 15) is 0 Å². The lowest BCUT2D eigenvalue weighted by Gasteiger charge is -2.31. The Morgan fingerprint density at radius 3 is 2.41 bits per heavy atom. The van der Waals surface area contributed by atoms with Gasteiger partial charge in [-0.2, -0.15) is 0 Å². The zero-order valence-electron chi connectivity index (χ0n) is 13.5. The van der Waals surface area contributed by atoms with Gasteiger partial charge in [-0.1, -0.05) is 24.3 Å². The summed E-state index contributed by atoms with van der Waals surface area (Å²) < 4.78 is 21.6. The molecule has 0 atom stereocenters. The van der Waals surface area contributed by atoms with Crippen LogP contribution in [0.4, 0.5) is 0 Å². The Balaban J connectivity index is 2.22. The summed E-state index contributed by atoms with van der Waals surface area (Å²) in [5.41, 5.74) is 2.13. The Bertz CT molecular complexity index is 595. The second-order valence-electron chi connectivity index (χ2n) is 4.98. The molecule has 0 N–H and O–H groups in total. The molecule has 0 heterocycles. The van der Waals surface area contributed by atoms with E-state index in [-0.39, 0.29) is 0 Å². The zero-order valence-corrected chi connectivity index (χ0v) is 13.5. The van der Waals surface area contributed by atoms with Crippen molar-refractivity contribution in [2.24, 2.45) is 0 Å². The lowest BCUT2D eigenvalue weighted by molar-refractivity contribution is -0.170. The molecule has 1 aliphatic rings. The maximum absolute atomic E-state index is 5.51. The minimum Gasteiger partial charge on any atom is -0.497 e. The van der Waals surface area contributed by atoms with Gasteiger partial charge in [0.2, 0.25) is 0 Å². The summed E-state index contributed by atoms with van der Waals surface area (Å²) in [6.45, 7) is 0. The Labute approximate surface area is 131 Å². The largest absolute Gasteiger partial charge is 0.497 e. The molecule has 1 aromatic carbocycles. The molecule has 0 bridgehead atoms. The summed E-state index contributed by atoms with van der Waals surface area (Å²) in [6.07, 6.45) is 8.51. The molecular weight excluding hydrogens is 280 g/mol. The lowest BCUT2D eigenvalue weighted by atomic mass is 9.97. The van der Waals surface area contributed by atoms with Gasteiger partial charge in [0.25, 0.3) is 0 Å². The molecule has 2 rings (SSSR count). The van der Waals surface area contributed by atoms with Crippen LogP contribution < -0.4 is 4.74 Å². The van der Waals surface area contributed by atoms with Gasteiger partial charge in [0.1, 0.15) is 11.5 Å². The summed E-state index contributed by atoms with van der Waals surface area (Å²) in [7, 11) is 6.55. The Morgan fingerprint density at radius 2 is 1.77 bits per heavy atom. The summed E-state index contributed by atoms with van der Waals surface area (Å²) in [4.78, 5) is 0. The quantitative estimate of drug-likeness (QED) is 0.753. The van der Waals surface area contributed by atoms with Gasteiger partial charge in [-0.05, 0) is 29.3 Å². The molecule has 118 valence electrons. The fourth-order valence-corrected chi connectivity index (χ4v) is 2.35. The van der Waals surface area contributed by atoms with Gasteiger partial charge in [-0.15, -0.1) is 0 Å². The standard InChI is InChI=1S/C18H22O4/c1-19-16-7-5-6-14(10-16)8-9-15-11-17(20-2)13-18(12-15,21-3)22-4/h5-11,13H,12H2,1-4H3/b9-8+. The van der Waals surface area contributed by atoms with E-state index in [1.807, 2.05) is 48.6 Å². The normalized spacial score (nSPS) is 17.1. The van der Waals surface area contributed by atoms with Crippen molar-refractivity contribution in [3.05, 3.63) is 59.4 Å². The van der Waals surface area contributed by atoms with Crippen LogP contribution in [0, 0.1) is 0 Å². The molecule has 0 spiro atoms. The van der Waals surface area contributed by atoms with E-state index in [1.54, 1.807) is 28.4 Å². The van der Waals surface area contributed by atoms with Crippen LogP contribution in [0.15, 0.2) is 53.8 Å². The van der Waals surface area contributed by atoms with Crippen molar-refractivity contribution in [1.29, 1.82) is 0 Å². The molecule has 22 heavy (non-hydrogen) atoms. The maximum atomic E-state index is 5.51. The third-order valence-corrected chi connectivity index (χ3v) is 3.65. The van der Waals surface area contributed by atoms with Crippen LogP contribution in [0.5, 0.6) is 5.75 Å². The number of rotatable bonds is 6. The van der Waals surface area contributed by atoms with E-state index in [4.69, 9.17) is 18.9 Å². The van der Waals surface area contributed by atoms with E-state index in [2.05, 4.69) is 0 Å². The number of hydrogen-bond acceptors (Lipinski definition) is 4. The molecule has 0 aromatic heterocycles. The third-order valence-electron chi connectivity index (χ3n) is 3.65. The van der Waals surface area contributed by atoms with Crippen LogP contribution in [0.25, 0.3) is 6.08 Å². The molecule has 0 unspecified atom stereocenters. The van der Waals surface area contributed by atoms with Crippen LogP contribution >= 0.6 is 0 Å². The van der Waals surface area contributed by atoms with Gasteiger partial charge in [0.05, 0.1) is 14.2 Å². The number of methoxy groups -OCH3 is 4. The van der Waals surface area contributed by atoms with Crippen molar-refractivity contribution >= 4 is 6.08 Å². The van der Waals surface area contributed by atoms with E-state index in [0.29, 0.717) is 6.42 Å². The van der Waals surface area contributed by atoms with Gasteiger partial charge in [-0.25, -0.2) is 0 Å². The zero-order chi connectivity index (χ0) is 16.0. The molecule has 0 fully saturated rings. The molecule has 0 saturated carbocycles. The van der Waals surface area contributed by atoms with E-state index in [1.165, 1.54) is 0 Å². The number of benzene rings is 1. The van der Waals surface area contributed by atoms with Crippen molar-refractivity contribution < 1.29 is 18.9 Å². The topological polar surface area (TPSA) is 36.9 Å². The highest BCUT2D eigenvalue weighted by Crippen LogP contribution is 2.31. The van der Waals surface area contributed by atoms with Crippen molar-refractivity contribution in [3.8, 4) is 5.75 Å².